The molecule has 2 N–H and O–H groups in total. The molecule has 98 valence electrons. The maximum Gasteiger partial charge on any atom is 0.222 e. The lowest BCUT2D eigenvalue weighted by atomic mass is 10.1. The minimum Gasteiger partial charge on any atom is -0.341 e. The molecule has 0 spiro atoms. The van der Waals surface area contributed by atoms with E-state index in [1.54, 1.807) is 0 Å². The Labute approximate surface area is 120 Å². The van der Waals surface area contributed by atoms with Crippen LogP contribution in [0, 0.1) is 0 Å². The fourth-order valence-corrected chi connectivity index (χ4v) is 2.79. The lowest BCUT2D eigenvalue weighted by molar-refractivity contribution is -0.130. The van der Waals surface area contributed by atoms with Crippen LogP contribution in [0.3, 0.4) is 0 Å². The van der Waals surface area contributed by atoms with Crippen molar-refractivity contribution in [3.63, 3.8) is 0 Å². The summed E-state index contributed by atoms with van der Waals surface area (Å²) in [4.78, 5) is 13.8. The topological polar surface area (TPSA) is 46.3 Å². The first-order valence-corrected chi connectivity index (χ1v) is 7.20. The average molecular weight is 332 g/mol. The van der Waals surface area contributed by atoms with Crippen molar-refractivity contribution < 1.29 is 4.79 Å². The van der Waals surface area contributed by atoms with Gasteiger partial charge in [0.2, 0.25) is 5.91 Å². The first-order chi connectivity index (χ1) is 8.56. The van der Waals surface area contributed by atoms with Crippen LogP contribution in [-0.4, -0.2) is 29.9 Å². The van der Waals surface area contributed by atoms with Crippen molar-refractivity contribution >= 4 is 33.4 Å². The summed E-state index contributed by atoms with van der Waals surface area (Å²) in [6.45, 7) is 1.48. The Morgan fingerprint density at radius 1 is 1.56 bits per heavy atom. The molecule has 2 rings (SSSR count). The third-order valence-electron chi connectivity index (χ3n) is 3.19. The molecule has 1 fully saturated rings. The predicted octanol–water partition coefficient (Wildman–Crippen LogP) is 2.59. The van der Waals surface area contributed by atoms with Gasteiger partial charge in [-0.2, -0.15) is 0 Å². The number of rotatable bonds is 3. The smallest absolute Gasteiger partial charge is 0.222 e. The summed E-state index contributed by atoms with van der Waals surface area (Å²) in [5, 5.41) is 0.698. The van der Waals surface area contributed by atoms with Crippen LogP contribution in [0.1, 0.15) is 18.4 Å². The van der Waals surface area contributed by atoms with Gasteiger partial charge in [-0.3, -0.25) is 4.79 Å². The highest BCUT2D eigenvalue weighted by Gasteiger charge is 2.23. The van der Waals surface area contributed by atoms with E-state index in [1.165, 1.54) is 0 Å². The molecule has 1 aliphatic heterocycles. The fraction of sp³-hybridized carbons (Fsp3) is 0.462. The Kier molecular flexibility index (Phi) is 4.65. The molecule has 1 amide bonds. The van der Waals surface area contributed by atoms with Crippen LogP contribution in [0.2, 0.25) is 5.02 Å². The highest BCUT2D eigenvalue weighted by Crippen LogP contribution is 2.23. The van der Waals surface area contributed by atoms with Crippen LogP contribution in [0.25, 0.3) is 0 Å². The highest BCUT2D eigenvalue weighted by molar-refractivity contribution is 9.10. The second kappa shape index (κ2) is 6.04. The van der Waals surface area contributed by atoms with Crippen LogP contribution >= 0.6 is 27.5 Å². The lowest BCUT2D eigenvalue weighted by Gasteiger charge is -2.15. The predicted molar refractivity (Wildman–Crippen MR) is 76.6 cm³/mol. The van der Waals surface area contributed by atoms with E-state index in [-0.39, 0.29) is 11.9 Å². The number of benzene rings is 1. The number of nitrogens with two attached hydrogens (primary N) is 1. The van der Waals surface area contributed by atoms with Crippen molar-refractivity contribution in [2.24, 2.45) is 5.73 Å². The molecule has 0 saturated carbocycles. The highest BCUT2D eigenvalue weighted by atomic mass is 79.9. The monoisotopic (exact) mass is 330 g/mol. The second-order valence-corrected chi connectivity index (χ2v) is 5.92. The minimum atomic E-state index is 0.145. The second-order valence-electron chi connectivity index (χ2n) is 4.62. The van der Waals surface area contributed by atoms with Crippen LogP contribution in [0.15, 0.2) is 22.7 Å². The van der Waals surface area contributed by atoms with Crippen molar-refractivity contribution in [2.45, 2.75) is 25.3 Å². The molecule has 18 heavy (non-hydrogen) atoms. The summed E-state index contributed by atoms with van der Waals surface area (Å²) in [5.74, 6) is 0.176. The molecule has 0 bridgehead atoms. The zero-order chi connectivity index (χ0) is 13.1. The molecular formula is C13H16BrClN2O. The summed E-state index contributed by atoms with van der Waals surface area (Å²) in [6.07, 6.45) is 2.12. The van der Waals surface area contributed by atoms with E-state index in [0.717, 1.165) is 23.0 Å². The van der Waals surface area contributed by atoms with Crippen molar-refractivity contribution in [3.8, 4) is 0 Å². The summed E-state index contributed by atoms with van der Waals surface area (Å²) >= 11 is 9.42. The van der Waals surface area contributed by atoms with Gasteiger partial charge in [0.25, 0.3) is 0 Å². The number of hydrogen-bond donors (Lipinski definition) is 1. The quantitative estimate of drug-likeness (QED) is 0.925. The summed E-state index contributed by atoms with van der Waals surface area (Å²) in [6, 6.07) is 5.78. The summed E-state index contributed by atoms with van der Waals surface area (Å²) in [7, 11) is 0. The van der Waals surface area contributed by atoms with Crippen molar-refractivity contribution in [1.29, 1.82) is 0 Å². The Morgan fingerprint density at radius 2 is 2.33 bits per heavy atom. The van der Waals surface area contributed by atoms with E-state index in [9.17, 15) is 4.79 Å². The summed E-state index contributed by atoms with van der Waals surface area (Å²) < 4.78 is 0.998. The van der Waals surface area contributed by atoms with Gasteiger partial charge in [-0.1, -0.05) is 27.5 Å². The van der Waals surface area contributed by atoms with Gasteiger partial charge < -0.3 is 10.6 Å². The molecule has 0 radical (unpaired) electrons. The number of halogens is 2. The van der Waals surface area contributed by atoms with E-state index >= 15 is 0 Å². The van der Waals surface area contributed by atoms with E-state index in [4.69, 9.17) is 17.3 Å². The zero-order valence-corrected chi connectivity index (χ0v) is 12.4. The molecule has 1 aromatic rings. The molecule has 5 heteroatoms. The third kappa shape index (κ3) is 3.46. The van der Waals surface area contributed by atoms with Crippen molar-refractivity contribution in [1.82, 2.24) is 4.90 Å². The van der Waals surface area contributed by atoms with Crippen LogP contribution in [0.4, 0.5) is 0 Å². The molecule has 1 aliphatic rings. The standard InChI is InChI=1S/C13H16BrClN2O/c14-12-3-2-10(15)7-9(12)1-4-13(18)17-6-5-11(16)8-17/h2-3,7,11H,1,4-6,8,16H2/t11-/m1/s1. The van der Waals surface area contributed by atoms with E-state index in [0.29, 0.717) is 24.4 Å². The fourth-order valence-electron chi connectivity index (χ4n) is 2.15. The molecule has 1 atom stereocenters. The Balaban J connectivity index is 1.91. The Morgan fingerprint density at radius 3 is 3.00 bits per heavy atom. The number of hydrogen-bond acceptors (Lipinski definition) is 2. The SMILES string of the molecule is N[C@@H]1CCN(C(=O)CCc2cc(Cl)ccc2Br)C1. The number of carbonyl (C=O) groups is 1. The molecule has 1 saturated heterocycles. The number of carbonyl (C=O) groups excluding carboxylic acids is 1. The Bertz CT molecular complexity index is 453. The van der Waals surface area contributed by atoms with Crippen molar-refractivity contribution in [3.05, 3.63) is 33.3 Å². The van der Waals surface area contributed by atoms with Gasteiger partial charge in [-0.05, 0) is 36.6 Å². The maximum atomic E-state index is 12.0. The number of likely N-dealkylation sites (tertiary alicyclic amines) is 1. The van der Waals surface area contributed by atoms with Crippen LogP contribution in [0.5, 0.6) is 0 Å². The van der Waals surface area contributed by atoms with Gasteiger partial charge >= 0.3 is 0 Å². The van der Waals surface area contributed by atoms with Gasteiger partial charge in [-0.15, -0.1) is 0 Å². The van der Waals surface area contributed by atoms with Gasteiger partial charge in [0, 0.05) is 35.0 Å². The molecule has 0 unspecified atom stereocenters. The molecule has 3 nitrogen and oxygen atoms in total. The molecular weight excluding hydrogens is 316 g/mol. The number of aryl methyl sites for hydroxylation is 1. The molecule has 0 aliphatic carbocycles. The molecule has 1 aromatic carbocycles. The normalized spacial score (nSPS) is 19.3. The first kappa shape index (κ1) is 13.8. The van der Waals surface area contributed by atoms with Crippen LogP contribution < -0.4 is 5.73 Å². The largest absolute Gasteiger partial charge is 0.341 e. The minimum absolute atomic E-state index is 0.145. The molecule has 0 aromatic heterocycles. The first-order valence-electron chi connectivity index (χ1n) is 6.03. The van der Waals surface area contributed by atoms with Gasteiger partial charge in [0.05, 0.1) is 0 Å². The lowest BCUT2D eigenvalue weighted by Crippen LogP contribution is -2.31. The van der Waals surface area contributed by atoms with E-state index in [2.05, 4.69) is 15.9 Å². The van der Waals surface area contributed by atoms with Crippen LogP contribution in [-0.2, 0) is 11.2 Å². The maximum absolute atomic E-state index is 12.0. The number of nitrogens with zero attached hydrogens (tertiary/aromatic N) is 1. The summed E-state index contributed by atoms with van der Waals surface area (Å²) in [5.41, 5.74) is 6.86. The van der Waals surface area contributed by atoms with Gasteiger partial charge in [0.1, 0.15) is 0 Å². The van der Waals surface area contributed by atoms with E-state index < -0.39 is 0 Å². The number of amides is 1. The average Bonchev–Trinajstić information content (AvgIpc) is 2.77. The third-order valence-corrected chi connectivity index (χ3v) is 4.20. The Hall–Kier alpha value is -0.580. The van der Waals surface area contributed by atoms with Gasteiger partial charge in [0.15, 0.2) is 0 Å². The van der Waals surface area contributed by atoms with Gasteiger partial charge in [-0.25, -0.2) is 0 Å². The van der Waals surface area contributed by atoms with Crippen molar-refractivity contribution in [2.75, 3.05) is 13.1 Å². The molecule has 1 heterocycles. The zero-order valence-electron chi connectivity index (χ0n) is 10.0. The van der Waals surface area contributed by atoms with E-state index in [1.807, 2.05) is 23.1 Å².